The molecule has 0 aliphatic heterocycles. The van der Waals surface area contributed by atoms with Crippen LogP contribution in [0.1, 0.15) is 23.7 Å². The van der Waals surface area contributed by atoms with E-state index in [0.29, 0.717) is 16.3 Å². The number of aliphatic hydroxyl groups excluding tert-OH is 1. The summed E-state index contributed by atoms with van der Waals surface area (Å²) in [4.78, 5) is 12.0. The van der Waals surface area contributed by atoms with Crippen LogP contribution in [0.15, 0.2) is 60.7 Å². The maximum atomic E-state index is 12.0. The molecule has 0 aliphatic rings. The SMILES string of the molecule is COc1ccc([C@H](O)CC(=O)/C=C(\Cl)c2ccccc2)cc1. The number of rotatable bonds is 6. The molecule has 0 saturated carbocycles. The third-order valence-electron chi connectivity index (χ3n) is 3.23. The van der Waals surface area contributed by atoms with Gasteiger partial charge in [0.25, 0.3) is 0 Å². The van der Waals surface area contributed by atoms with Crippen molar-refractivity contribution in [2.24, 2.45) is 0 Å². The first-order valence-electron chi connectivity index (χ1n) is 6.87. The Labute approximate surface area is 134 Å². The molecule has 0 heterocycles. The summed E-state index contributed by atoms with van der Waals surface area (Å²) in [7, 11) is 1.57. The van der Waals surface area contributed by atoms with Gasteiger partial charge in [0, 0.05) is 12.5 Å². The monoisotopic (exact) mass is 316 g/mol. The number of carbonyl (C=O) groups excluding carboxylic acids is 1. The number of benzene rings is 2. The number of methoxy groups -OCH3 is 1. The highest BCUT2D eigenvalue weighted by atomic mass is 35.5. The van der Waals surface area contributed by atoms with Crippen LogP contribution in [0.25, 0.3) is 5.03 Å². The lowest BCUT2D eigenvalue weighted by Gasteiger charge is -2.10. The second-order valence-electron chi connectivity index (χ2n) is 4.82. The van der Waals surface area contributed by atoms with Crippen LogP contribution in [-0.4, -0.2) is 18.0 Å². The van der Waals surface area contributed by atoms with E-state index in [1.54, 1.807) is 31.4 Å². The van der Waals surface area contributed by atoms with Crippen molar-refractivity contribution in [1.29, 1.82) is 0 Å². The van der Waals surface area contributed by atoms with Gasteiger partial charge in [0.2, 0.25) is 0 Å². The molecule has 1 atom stereocenters. The van der Waals surface area contributed by atoms with Gasteiger partial charge in [-0.1, -0.05) is 54.1 Å². The van der Waals surface area contributed by atoms with Crippen molar-refractivity contribution in [3.05, 3.63) is 71.8 Å². The molecule has 0 fully saturated rings. The predicted octanol–water partition coefficient (Wildman–Crippen LogP) is 3.97. The number of ketones is 1. The Morgan fingerprint density at radius 1 is 1.18 bits per heavy atom. The molecule has 2 aromatic carbocycles. The summed E-state index contributed by atoms with van der Waals surface area (Å²) in [6.07, 6.45) is 0.467. The first-order chi connectivity index (χ1) is 10.6. The second kappa shape index (κ2) is 7.78. The molecule has 0 aliphatic carbocycles. The smallest absolute Gasteiger partial charge is 0.160 e. The van der Waals surface area contributed by atoms with E-state index in [9.17, 15) is 9.90 Å². The summed E-state index contributed by atoms with van der Waals surface area (Å²) >= 11 is 6.11. The largest absolute Gasteiger partial charge is 0.497 e. The number of halogens is 1. The zero-order chi connectivity index (χ0) is 15.9. The van der Waals surface area contributed by atoms with Gasteiger partial charge in [-0.05, 0) is 23.3 Å². The number of hydrogen-bond acceptors (Lipinski definition) is 3. The van der Waals surface area contributed by atoms with E-state index in [-0.39, 0.29) is 12.2 Å². The maximum absolute atomic E-state index is 12.0. The third kappa shape index (κ3) is 4.45. The van der Waals surface area contributed by atoms with Gasteiger partial charge in [0.05, 0.1) is 18.2 Å². The summed E-state index contributed by atoms with van der Waals surface area (Å²) in [5, 5.41) is 10.5. The molecule has 0 saturated heterocycles. The van der Waals surface area contributed by atoms with Crippen LogP contribution in [0.4, 0.5) is 0 Å². The Bertz CT molecular complexity index is 648. The van der Waals surface area contributed by atoms with E-state index in [1.165, 1.54) is 6.08 Å². The summed E-state index contributed by atoms with van der Waals surface area (Å²) in [5.41, 5.74) is 1.44. The molecule has 22 heavy (non-hydrogen) atoms. The Balaban J connectivity index is 2.01. The van der Waals surface area contributed by atoms with Crippen LogP contribution in [0.2, 0.25) is 0 Å². The number of allylic oxidation sites excluding steroid dienone is 1. The first kappa shape index (κ1) is 16.3. The Hall–Kier alpha value is -2.10. The fraction of sp³-hybridized carbons (Fsp3) is 0.167. The van der Waals surface area contributed by atoms with Gasteiger partial charge in [0.1, 0.15) is 5.75 Å². The van der Waals surface area contributed by atoms with Crippen molar-refractivity contribution >= 4 is 22.4 Å². The highest BCUT2D eigenvalue weighted by Crippen LogP contribution is 2.23. The lowest BCUT2D eigenvalue weighted by atomic mass is 10.0. The molecule has 4 heteroatoms. The summed E-state index contributed by atoms with van der Waals surface area (Å²) in [6.45, 7) is 0. The van der Waals surface area contributed by atoms with Crippen LogP contribution < -0.4 is 4.74 Å². The number of carbonyl (C=O) groups is 1. The minimum absolute atomic E-state index is 0.0185. The average molecular weight is 317 g/mol. The standard InChI is InChI=1S/C18H17ClO3/c1-22-16-9-7-14(8-10-16)18(21)12-15(20)11-17(19)13-5-3-2-4-6-13/h2-11,18,21H,12H2,1H3/b17-11-/t18-/m1/s1. The molecule has 0 radical (unpaired) electrons. The van der Waals surface area contributed by atoms with Gasteiger partial charge in [-0.3, -0.25) is 4.79 Å². The molecule has 0 bridgehead atoms. The molecule has 2 rings (SSSR count). The summed E-state index contributed by atoms with van der Waals surface area (Å²) < 4.78 is 5.06. The number of hydrogen-bond donors (Lipinski definition) is 1. The minimum Gasteiger partial charge on any atom is -0.497 e. The topological polar surface area (TPSA) is 46.5 Å². The molecule has 1 N–H and O–H groups in total. The molecule has 0 unspecified atom stereocenters. The summed E-state index contributed by atoms with van der Waals surface area (Å²) in [5.74, 6) is 0.478. The van der Waals surface area contributed by atoms with Crippen molar-refractivity contribution in [3.8, 4) is 5.75 Å². The van der Waals surface area contributed by atoms with Gasteiger partial charge < -0.3 is 9.84 Å². The lowest BCUT2D eigenvalue weighted by Crippen LogP contribution is -2.04. The number of aliphatic hydroxyl groups is 1. The Morgan fingerprint density at radius 3 is 2.41 bits per heavy atom. The van der Waals surface area contributed by atoms with E-state index in [1.807, 2.05) is 30.3 Å². The number of ether oxygens (including phenoxy) is 1. The first-order valence-corrected chi connectivity index (χ1v) is 7.25. The van der Waals surface area contributed by atoms with Crippen molar-refractivity contribution < 1.29 is 14.6 Å². The third-order valence-corrected chi connectivity index (χ3v) is 3.56. The van der Waals surface area contributed by atoms with Gasteiger partial charge in [0.15, 0.2) is 5.78 Å². The Morgan fingerprint density at radius 2 is 1.82 bits per heavy atom. The van der Waals surface area contributed by atoms with Crippen LogP contribution in [0.5, 0.6) is 5.75 Å². The molecular formula is C18H17ClO3. The fourth-order valence-electron chi connectivity index (χ4n) is 2.02. The van der Waals surface area contributed by atoms with Crippen LogP contribution in [0.3, 0.4) is 0 Å². The second-order valence-corrected chi connectivity index (χ2v) is 5.22. The van der Waals surface area contributed by atoms with Crippen LogP contribution in [0, 0.1) is 0 Å². The van der Waals surface area contributed by atoms with E-state index in [2.05, 4.69) is 0 Å². The lowest BCUT2D eigenvalue weighted by molar-refractivity contribution is -0.116. The minimum atomic E-state index is -0.866. The zero-order valence-corrected chi connectivity index (χ0v) is 13.0. The highest BCUT2D eigenvalue weighted by Gasteiger charge is 2.12. The zero-order valence-electron chi connectivity index (χ0n) is 12.2. The quantitative estimate of drug-likeness (QED) is 0.820. The van der Waals surface area contributed by atoms with E-state index < -0.39 is 6.10 Å². The predicted molar refractivity (Wildman–Crippen MR) is 87.8 cm³/mol. The van der Waals surface area contributed by atoms with Crippen molar-refractivity contribution in [3.63, 3.8) is 0 Å². The molecule has 0 amide bonds. The van der Waals surface area contributed by atoms with Gasteiger partial charge in [-0.15, -0.1) is 0 Å². The molecule has 0 spiro atoms. The van der Waals surface area contributed by atoms with E-state index in [0.717, 1.165) is 5.56 Å². The average Bonchev–Trinajstić information content (AvgIpc) is 2.55. The van der Waals surface area contributed by atoms with Crippen molar-refractivity contribution in [2.45, 2.75) is 12.5 Å². The molecule has 0 aromatic heterocycles. The van der Waals surface area contributed by atoms with Crippen molar-refractivity contribution in [1.82, 2.24) is 0 Å². The highest BCUT2D eigenvalue weighted by molar-refractivity contribution is 6.50. The van der Waals surface area contributed by atoms with Gasteiger partial charge >= 0.3 is 0 Å². The molecule has 114 valence electrons. The molecule has 3 nitrogen and oxygen atoms in total. The molecular weight excluding hydrogens is 300 g/mol. The molecule has 2 aromatic rings. The van der Waals surface area contributed by atoms with Gasteiger partial charge in [-0.2, -0.15) is 0 Å². The van der Waals surface area contributed by atoms with Gasteiger partial charge in [-0.25, -0.2) is 0 Å². The van der Waals surface area contributed by atoms with Crippen LogP contribution in [-0.2, 0) is 4.79 Å². The van der Waals surface area contributed by atoms with Crippen LogP contribution >= 0.6 is 11.6 Å². The van der Waals surface area contributed by atoms with E-state index in [4.69, 9.17) is 16.3 Å². The Kier molecular flexibility index (Phi) is 5.75. The fourth-order valence-corrected chi connectivity index (χ4v) is 2.26. The summed E-state index contributed by atoms with van der Waals surface area (Å²) in [6, 6.07) is 16.2. The van der Waals surface area contributed by atoms with E-state index >= 15 is 0 Å². The maximum Gasteiger partial charge on any atom is 0.160 e. The normalized spacial score (nSPS) is 12.8. The van der Waals surface area contributed by atoms with Crippen molar-refractivity contribution in [2.75, 3.05) is 7.11 Å².